The van der Waals surface area contributed by atoms with Crippen molar-refractivity contribution in [2.45, 2.75) is 25.9 Å². The molecule has 2 rings (SSSR count). The van der Waals surface area contributed by atoms with Gasteiger partial charge in [0.2, 0.25) is 5.91 Å². The molecular weight excluding hydrogens is 402 g/mol. The SMILES string of the molecule is Cc1ccc(Cc2cnc(NC(=O)CCNC(=O)OCC(F)(F)F)s2)cc1F. The predicted molar refractivity (Wildman–Crippen MR) is 94.7 cm³/mol. The first-order chi connectivity index (χ1) is 13.1. The molecule has 6 nitrogen and oxygen atoms in total. The van der Waals surface area contributed by atoms with Crippen LogP contribution in [-0.2, 0) is 16.0 Å². The lowest BCUT2D eigenvalue weighted by Gasteiger charge is -2.08. The van der Waals surface area contributed by atoms with Crippen molar-refractivity contribution in [2.75, 3.05) is 18.5 Å². The third-order valence-electron chi connectivity index (χ3n) is 3.40. The van der Waals surface area contributed by atoms with Crippen LogP contribution in [0.4, 0.5) is 27.5 Å². The summed E-state index contributed by atoms with van der Waals surface area (Å²) in [5.41, 5.74) is 1.32. The Hall–Kier alpha value is -2.69. The number of aryl methyl sites for hydroxylation is 1. The van der Waals surface area contributed by atoms with Crippen molar-refractivity contribution in [3.05, 3.63) is 46.2 Å². The Morgan fingerprint density at radius 3 is 2.71 bits per heavy atom. The number of carbonyl (C=O) groups is 2. The molecule has 2 aromatic rings. The zero-order valence-electron chi connectivity index (χ0n) is 14.7. The minimum atomic E-state index is -4.61. The molecule has 0 aliphatic heterocycles. The van der Waals surface area contributed by atoms with Gasteiger partial charge in [0.15, 0.2) is 11.7 Å². The lowest BCUT2D eigenvalue weighted by Crippen LogP contribution is -2.31. The van der Waals surface area contributed by atoms with Gasteiger partial charge in [0.1, 0.15) is 5.82 Å². The van der Waals surface area contributed by atoms with E-state index in [1.54, 1.807) is 25.3 Å². The number of hydrogen-bond acceptors (Lipinski definition) is 5. The van der Waals surface area contributed by atoms with Gasteiger partial charge in [-0.2, -0.15) is 13.2 Å². The van der Waals surface area contributed by atoms with Gasteiger partial charge < -0.3 is 15.4 Å². The number of anilines is 1. The van der Waals surface area contributed by atoms with Gasteiger partial charge in [-0.3, -0.25) is 4.79 Å². The lowest BCUT2D eigenvalue weighted by atomic mass is 10.1. The quantitative estimate of drug-likeness (QED) is 0.669. The molecule has 1 aromatic carbocycles. The van der Waals surface area contributed by atoms with Gasteiger partial charge in [-0.1, -0.05) is 12.1 Å². The summed E-state index contributed by atoms with van der Waals surface area (Å²) in [6.07, 6.45) is -4.02. The maximum Gasteiger partial charge on any atom is 0.422 e. The Kier molecular flexibility index (Phi) is 7.32. The van der Waals surface area contributed by atoms with Crippen LogP contribution in [0.1, 0.15) is 22.4 Å². The van der Waals surface area contributed by atoms with E-state index in [9.17, 15) is 27.2 Å². The van der Waals surface area contributed by atoms with Gasteiger partial charge in [0.25, 0.3) is 0 Å². The van der Waals surface area contributed by atoms with Crippen LogP contribution in [-0.4, -0.2) is 36.3 Å². The van der Waals surface area contributed by atoms with Gasteiger partial charge in [0.05, 0.1) is 0 Å². The van der Waals surface area contributed by atoms with Crippen LogP contribution < -0.4 is 10.6 Å². The Morgan fingerprint density at radius 1 is 1.29 bits per heavy atom. The number of hydrogen-bond donors (Lipinski definition) is 2. The Labute approximate surface area is 161 Å². The van der Waals surface area contributed by atoms with Crippen molar-refractivity contribution in [2.24, 2.45) is 0 Å². The van der Waals surface area contributed by atoms with Crippen LogP contribution in [0.5, 0.6) is 0 Å². The van der Waals surface area contributed by atoms with E-state index in [2.05, 4.69) is 15.0 Å². The normalized spacial score (nSPS) is 11.2. The van der Waals surface area contributed by atoms with Crippen molar-refractivity contribution in [1.29, 1.82) is 0 Å². The molecule has 152 valence electrons. The standard InChI is InChI=1S/C17H17F4N3O3S/c1-10-2-3-11(7-13(10)18)6-12-8-23-15(28-12)24-14(25)4-5-22-16(26)27-9-17(19,20)21/h2-3,7-8H,4-6,9H2,1H3,(H,22,26)(H,23,24,25). The summed E-state index contributed by atoms with van der Waals surface area (Å²) in [4.78, 5) is 27.7. The second-order valence-electron chi connectivity index (χ2n) is 5.81. The highest BCUT2D eigenvalue weighted by atomic mass is 32.1. The minimum absolute atomic E-state index is 0.167. The fourth-order valence-corrected chi connectivity index (χ4v) is 2.92. The number of ether oxygens (including phenoxy) is 1. The van der Waals surface area contributed by atoms with Gasteiger partial charge in [-0.15, -0.1) is 11.3 Å². The number of carbonyl (C=O) groups excluding carboxylic acids is 2. The second kappa shape index (κ2) is 9.49. The minimum Gasteiger partial charge on any atom is -0.440 e. The fraction of sp³-hybridized carbons (Fsp3) is 0.353. The highest BCUT2D eigenvalue weighted by molar-refractivity contribution is 7.15. The van der Waals surface area contributed by atoms with Crippen LogP contribution in [0.2, 0.25) is 0 Å². The second-order valence-corrected chi connectivity index (χ2v) is 6.92. The molecule has 0 fully saturated rings. The monoisotopic (exact) mass is 419 g/mol. The maximum atomic E-state index is 13.6. The van der Waals surface area contributed by atoms with E-state index in [0.29, 0.717) is 17.1 Å². The molecule has 28 heavy (non-hydrogen) atoms. The molecule has 0 bridgehead atoms. The first-order valence-electron chi connectivity index (χ1n) is 8.09. The van der Waals surface area contributed by atoms with Crippen molar-refractivity contribution >= 4 is 28.5 Å². The maximum absolute atomic E-state index is 13.6. The predicted octanol–water partition coefficient (Wildman–Crippen LogP) is 3.80. The van der Waals surface area contributed by atoms with Crippen molar-refractivity contribution in [3.8, 4) is 0 Å². The number of nitrogens with one attached hydrogen (secondary N) is 2. The molecule has 2 N–H and O–H groups in total. The van der Waals surface area contributed by atoms with Crippen molar-refractivity contribution < 1.29 is 31.9 Å². The Balaban J connectivity index is 1.74. The molecule has 0 saturated carbocycles. The fourth-order valence-electron chi connectivity index (χ4n) is 2.05. The van der Waals surface area contributed by atoms with Crippen LogP contribution >= 0.6 is 11.3 Å². The van der Waals surface area contributed by atoms with Crippen LogP contribution in [0.3, 0.4) is 0 Å². The third kappa shape index (κ3) is 7.51. The van der Waals surface area contributed by atoms with Gasteiger partial charge >= 0.3 is 12.3 Å². The molecule has 1 heterocycles. The van der Waals surface area contributed by atoms with Crippen LogP contribution in [0, 0.1) is 12.7 Å². The largest absolute Gasteiger partial charge is 0.440 e. The Bertz CT molecular complexity index is 839. The third-order valence-corrected chi connectivity index (χ3v) is 4.32. The highest BCUT2D eigenvalue weighted by Crippen LogP contribution is 2.22. The number of aromatic nitrogens is 1. The van der Waals surface area contributed by atoms with E-state index in [1.165, 1.54) is 17.4 Å². The van der Waals surface area contributed by atoms with E-state index in [4.69, 9.17) is 0 Å². The number of nitrogens with zero attached hydrogens (tertiary/aromatic N) is 1. The first kappa shape index (κ1) is 21.6. The molecule has 1 aromatic heterocycles. The molecule has 0 spiro atoms. The van der Waals surface area contributed by atoms with E-state index in [-0.39, 0.29) is 18.8 Å². The van der Waals surface area contributed by atoms with E-state index in [0.717, 1.165) is 10.4 Å². The number of rotatable bonds is 7. The molecule has 11 heteroatoms. The van der Waals surface area contributed by atoms with Crippen molar-refractivity contribution in [1.82, 2.24) is 10.3 Å². The van der Waals surface area contributed by atoms with Gasteiger partial charge in [-0.25, -0.2) is 14.2 Å². The summed E-state index contributed by atoms with van der Waals surface area (Å²) < 4.78 is 53.2. The number of amides is 2. The zero-order valence-corrected chi connectivity index (χ0v) is 15.5. The summed E-state index contributed by atoms with van der Waals surface area (Å²) in [5.74, 6) is -0.768. The number of benzene rings is 1. The summed E-state index contributed by atoms with van der Waals surface area (Å²) in [6, 6.07) is 4.93. The molecule has 0 aliphatic carbocycles. The van der Waals surface area contributed by atoms with E-state index in [1.807, 2.05) is 5.32 Å². The molecular formula is C17H17F4N3O3S. The smallest absolute Gasteiger partial charge is 0.422 e. The molecule has 2 amide bonds. The van der Waals surface area contributed by atoms with E-state index >= 15 is 0 Å². The molecule has 0 unspecified atom stereocenters. The van der Waals surface area contributed by atoms with Gasteiger partial charge in [-0.05, 0) is 24.1 Å². The molecule has 0 radical (unpaired) electrons. The molecule has 0 atom stereocenters. The zero-order chi connectivity index (χ0) is 20.7. The van der Waals surface area contributed by atoms with Crippen LogP contribution in [0.15, 0.2) is 24.4 Å². The van der Waals surface area contributed by atoms with Crippen LogP contribution in [0.25, 0.3) is 0 Å². The summed E-state index contributed by atoms with van der Waals surface area (Å²) >= 11 is 1.21. The number of alkyl carbamates (subject to hydrolysis) is 1. The number of alkyl halides is 3. The average Bonchev–Trinajstić information content (AvgIpc) is 3.02. The summed E-state index contributed by atoms with van der Waals surface area (Å²) in [6.45, 7) is -0.217. The lowest BCUT2D eigenvalue weighted by molar-refractivity contribution is -0.160. The summed E-state index contributed by atoms with van der Waals surface area (Å²) in [5, 5.41) is 4.89. The highest BCUT2D eigenvalue weighted by Gasteiger charge is 2.29. The topological polar surface area (TPSA) is 80.3 Å². The summed E-state index contributed by atoms with van der Waals surface area (Å²) in [7, 11) is 0. The number of thiazole rings is 1. The Morgan fingerprint density at radius 2 is 2.04 bits per heavy atom. The first-order valence-corrected chi connectivity index (χ1v) is 8.91. The molecule has 0 saturated heterocycles. The van der Waals surface area contributed by atoms with E-state index < -0.39 is 24.8 Å². The average molecular weight is 419 g/mol. The van der Waals surface area contributed by atoms with Gasteiger partial charge in [0, 0.05) is 30.5 Å². The molecule has 0 aliphatic rings. The number of halogens is 4. The van der Waals surface area contributed by atoms with Crippen molar-refractivity contribution in [3.63, 3.8) is 0 Å².